The van der Waals surface area contributed by atoms with Crippen molar-refractivity contribution in [2.75, 3.05) is 0 Å². The molecule has 1 aromatic heterocycles. The number of rotatable bonds is 1. The topological polar surface area (TPSA) is 67.5 Å². The molecule has 0 saturated carbocycles. The molecule has 0 aliphatic rings. The fourth-order valence-electron chi connectivity index (χ4n) is 0.749. The van der Waals surface area contributed by atoms with Gasteiger partial charge in [0.1, 0.15) is 0 Å². The lowest BCUT2D eigenvalue weighted by Gasteiger charge is -1.97. The molecular formula is C6H6ClN3O2. The van der Waals surface area contributed by atoms with Gasteiger partial charge in [0.25, 0.3) is 5.56 Å². The Hall–Kier alpha value is -1.36. The molecular weight excluding hydrogens is 182 g/mol. The molecule has 0 aromatic carbocycles. The minimum atomic E-state index is -0.364. The van der Waals surface area contributed by atoms with Crippen LogP contribution in [0.3, 0.4) is 0 Å². The Balaban J connectivity index is 3.38. The Labute approximate surface area is 72.9 Å². The van der Waals surface area contributed by atoms with E-state index in [9.17, 15) is 4.79 Å². The first-order valence-electron chi connectivity index (χ1n) is 3.06. The van der Waals surface area contributed by atoms with Gasteiger partial charge in [-0.1, -0.05) is 16.8 Å². The van der Waals surface area contributed by atoms with Gasteiger partial charge in [0, 0.05) is 7.05 Å². The van der Waals surface area contributed by atoms with Crippen LogP contribution in [0.1, 0.15) is 5.56 Å². The third-order valence-corrected chi connectivity index (χ3v) is 1.44. The van der Waals surface area contributed by atoms with Crippen molar-refractivity contribution < 1.29 is 5.21 Å². The predicted octanol–water partition coefficient (Wildman–Crippen LogP) is 0.242. The quantitative estimate of drug-likeness (QED) is 0.389. The van der Waals surface area contributed by atoms with Crippen LogP contribution >= 0.6 is 11.6 Å². The molecule has 0 saturated heterocycles. The normalized spacial score (nSPS) is 10.8. The zero-order valence-electron chi connectivity index (χ0n) is 6.23. The second-order valence-electron chi connectivity index (χ2n) is 2.10. The smallest absolute Gasteiger partial charge is 0.275 e. The third-order valence-electron chi connectivity index (χ3n) is 1.26. The van der Waals surface area contributed by atoms with Crippen LogP contribution in [0.25, 0.3) is 0 Å². The highest BCUT2D eigenvalue weighted by atomic mass is 35.5. The molecule has 0 unspecified atom stereocenters. The fraction of sp³-hybridized carbons (Fsp3) is 0.167. The van der Waals surface area contributed by atoms with Crippen LogP contribution in [-0.2, 0) is 7.05 Å². The first-order valence-corrected chi connectivity index (χ1v) is 3.44. The zero-order valence-corrected chi connectivity index (χ0v) is 6.99. The number of nitrogens with zero attached hydrogens (tertiary/aromatic N) is 3. The van der Waals surface area contributed by atoms with E-state index in [1.54, 1.807) is 0 Å². The summed E-state index contributed by atoms with van der Waals surface area (Å²) in [6, 6.07) is 1.32. The van der Waals surface area contributed by atoms with Crippen molar-refractivity contribution in [1.82, 2.24) is 9.78 Å². The highest BCUT2D eigenvalue weighted by Crippen LogP contribution is 2.00. The molecule has 0 fully saturated rings. The first-order chi connectivity index (χ1) is 5.65. The van der Waals surface area contributed by atoms with E-state index in [0.29, 0.717) is 0 Å². The van der Waals surface area contributed by atoms with Gasteiger partial charge in [0.2, 0.25) is 0 Å². The van der Waals surface area contributed by atoms with Crippen LogP contribution in [0.5, 0.6) is 0 Å². The van der Waals surface area contributed by atoms with Crippen molar-refractivity contribution in [3.8, 4) is 0 Å². The molecule has 5 nitrogen and oxygen atoms in total. The predicted molar refractivity (Wildman–Crippen MR) is 43.9 cm³/mol. The standard InChI is InChI=1S/C6H6ClN3O2/c1-10-6(11)4(3-8-12)2-5(7)9-10/h2-3,12H,1H3. The van der Waals surface area contributed by atoms with Crippen LogP contribution < -0.4 is 5.56 Å². The Kier molecular flexibility index (Phi) is 2.44. The van der Waals surface area contributed by atoms with Gasteiger partial charge in [-0.25, -0.2) is 4.68 Å². The van der Waals surface area contributed by atoms with Gasteiger partial charge in [0.15, 0.2) is 5.15 Å². The van der Waals surface area contributed by atoms with Crippen molar-refractivity contribution in [2.45, 2.75) is 0 Å². The molecule has 1 heterocycles. The monoisotopic (exact) mass is 187 g/mol. The maximum Gasteiger partial charge on any atom is 0.275 e. The summed E-state index contributed by atoms with van der Waals surface area (Å²) in [4.78, 5) is 11.2. The molecule has 0 radical (unpaired) electrons. The molecule has 1 rings (SSSR count). The summed E-state index contributed by atoms with van der Waals surface area (Å²) >= 11 is 5.54. The minimum Gasteiger partial charge on any atom is -0.411 e. The van der Waals surface area contributed by atoms with E-state index in [-0.39, 0.29) is 16.3 Å². The molecule has 64 valence electrons. The van der Waals surface area contributed by atoms with Crippen molar-refractivity contribution in [2.24, 2.45) is 12.2 Å². The number of halogens is 1. The summed E-state index contributed by atoms with van der Waals surface area (Å²) < 4.78 is 1.07. The maximum atomic E-state index is 11.2. The van der Waals surface area contributed by atoms with Gasteiger partial charge in [-0.3, -0.25) is 4.79 Å². The third kappa shape index (κ3) is 1.62. The summed E-state index contributed by atoms with van der Waals surface area (Å²) in [7, 11) is 1.46. The lowest BCUT2D eigenvalue weighted by Crippen LogP contribution is -2.23. The maximum absolute atomic E-state index is 11.2. The molecule has 0 aliphatic carbocycles. The largest absolute Gasteiger partial charge is 0.411 e. The van der Waals surface area contributed by atoms with Gasteiger partial charge in [-0.2, -0.15) is 5.10 Å². The molecule has 0 atom stereocenters. The number of aromatic nitrogens is 2. The second kappa shape index (κ2) is 3.36. The highest BCUT2D eigenvalue weighted by molar-refractivity contribution is 6.29. The van der Waals surface area contributed by atoms with Gasteiger partial charge in [0.05, 0.1) is 11.8 Å². The molecule has 0 bridgehead atoms. The van der Waals surface area contributed by atoms with Crippen LogP contribution in [-0.4, -0.2) is 21.2 Å². The summed E-state index contributed by atoms with van der Waals surface area (Å²) in [5, 5.41) is 14.7. The Morgan fingerprint density at radius 3 is 3.08 bits per heavy atom. The SMILES string of the molecule is Cn1nc(Cl)cc(C=NO)c1=O. The van der Waals surface area contributed by atoms with Gasteiger partial charge in [-0.15, -0.1) is 0 Å². The van der Waals surface area contributed by atoms with E-state index in [1.165, 1.54) is 13.1 Å². The average Bonchev–Trinajstić information content (AvgIpc) is 2.00. The number of oxime groups is 1. The minimum absolute atomic E-state index is 0.173. The van der Waals surface area contributed by atoms with Crippen LogP contribution in [0.2, 0.25) is 5.15 Å². The van der Waals surface area contributed by atoms with E-state index >= 15 is 0 Å². The van der Waals surface area contributed by atoms with Crippen LogP contribution in [0.4, 0.5) is 0 Å². The molecule has 12 heavy (non-hydrogen) atoms. The van der Waals surface area contributed by atoms with Gasteiger partial charge in [-0.05, 0) is 6.07 Å². The molecule has 1 N–H and O–H groups in total. The summed E-state index contributed by atoms with van der Waals surface area (Å²) in [5.74, 6) is 0. The Bertz CT molecular complexity index is 372. The van der Waals surface area contributed by atoms with Crippen molar-refractivity contribution >= 4 is 17.8 Å². The lowest BCUT2D eigenvalue weighted by molar-refractivity contribution is 0.321. The van der Waals surface area contributed by atoms with E-state index in [4.69, 9.17) is 16.8 Å². The Morgan fingerprint density at radius 1 is 1.83 bits per heavy atom. The molecule has 6 heteroatoms. The second-order valence-corrected chi connectivity index (χ2v) is 2.48. The summed E-state index contributed by atoms with van der Waals surface area (Å²) in [5.41, 5.74) is -0.169. The van der Waals surface area contributed by atoms with Crippen molar-refractivity contribution in [3.05, 3.63) is 27.1 Å². The van der Waals surface area contributed by atoms with E-state index in [2.05, 4.69) is 10.3 Å². The zero-order chi connectivity index (χ0) is 9.14. The fourth-order valence-corrected chi connectivity index (χ4v) is 0.980. The molecule has 1 aromatic rings. The van der Waals surface area contributed by atoms with Crippen LogP contribution in [0, 0.1) is 0 Å². The number of hydrogen-bond donors (Lipinski definition) is 1. The lowest BCUT2D eigenvalue weighted by atomic mass is 10.3. The number of aryl methyl sites for hydroxylation is 1. The first kappa shape index (κ1) is 8.73. The number of hydrogen-bond acceptors (Lipinski definition) is 4. The Morgan fingerprint density at radius 2 is 2.50 bits per heavy atom. The summed E-state index contributed by atoms with van der Waals surface area (Å²) in [6.45, 7) is 0. The molecule has 0 aliphatic heterocycles. The highest BCUT2D eigenvalue weighted by Gasteiger charge is 2.01. The van der Waals surface area contributed by atoms with E-state index in [0.717, 1.165) is 10.9 Å². The van der Waals surface area contributed by atoms with Crippen molar-refractivity contribution in [1.29, 1.82) is 0 Å². The van der Waals surface area contributed by atoms with E-state index in [1.807, 2.05) is 0 Å². The average molecular weight is 188 g/mol. The molecule has 0 spiro atoms. The van der Waals surface area contributed by atoms with Crippen LogP contribution in [0.15, 0.2) is 16.0 Å². The van der Waals surface area contributed by atoms with Gasteiger partial charge < -0.3 is 5.21 Å². The summed E-state index contributed by atoms with van der Waals surface area (Å²) in [6.07, 6.45) is 1.01. The van der Waals surface area contributed by atoms with Crippen molar-refractivity contribution in [3.63, 3.8) is 0 Å². The molecule has 0 amide bonds. The van der Waals surface area contributed by atoms with Gasteiger partial charge >= 0.3 is 0 Å². The van der Waals surface area contributed by atoms with E-state index < -0.39 is 0 Å².